The summed E-state index contributed by atoms with van der Waals surface area (Å²) in [4.78, 5) is 23.1. The van der Waals surface area contributed by atoms with Crippen LogP contribution in [0.5, 0.6) is 0 Å². The number of hydrazine groups is 1. The summed E-state index contributed by atoms with van der Waals surface area (Å²) in [6.45, 7) is 1.31. The molecular formula is C17H16F2N2O2. The van der Waals surface area contributed by atoms with Crippen molar-refractivity contribution >= 4 is 17.4 Å². The van der Waals surface area contributed by atoms with Gasteiger partial charge in [0.2, 0.25) is 0 Å². The first kappa shape index (κ1) is 16.6. The smallest absolute Gasteiger partial charge is 0.300 e. The van der Waals surface area contributed by atoms with Gasteiger partial charge in [-0.15, -0.1) is 0 Å². The first-order valence-electron chi connectivity index (χ1n) is 6.98. The van der Waals surface area contributed by atoms with E-state index in [0.29, 0.717) is 5.69 Å². The quantitative estimate of drug-likeness (QED) is 0.805. The zero-order valence-electron chi connectivity index (χ0n) is 12.5. The van der Waals surface area contributed by atoms with Crippen LogP contribution in [0.1, 0.15) is 18.1 Å². The molecule has 0 unspecified atom stereocenters. The number of halogens is 2. The number of carbonyl (C=O) groups excluding carboxylic acids is 2. The predicted octanol–water partition coefficient (Wildman–Crippen LogP) is 3.05. The highest BCUT2D eigenvalue weighted by Crippen LogP contribution is 2.31. The van der Waals surface area contributed by atoms with E-state index in [-0.39, 0.29) is 17.8 Å². The first-order valence-corrected chi connectivity index (χ1v) is 6.98. The van der Waals surface area contributed by atoms with Crippen molar-refractivity contribution in [2.24, 2.45) is 0 Å². The lowest BCUT2D eigenvalue weighted by molar-refractivity contribution is -0.146. The average Bonchev–Trinajstić information content (AvgIpc) is 2.53. The van der Waals surface area contributed by atoms with Gasteiger partial charge in [0.05, 0.1) is 5.69 Å². The van der Waals surface area contributed by atoms with Gasteiger partial charge in [0, 0.05) is 12.0 Å². The van der Waals surface area contributed by atoms with Crippen molar-refractivity contribution in [2.75, 3.05) is 5.43 Å². The molecule has 0 aromatic heterocycles. The first-order chi connectivity index (χ1) is 10.9. The third kappa shape index (κ3) is 4.12. The Morgan fingerprint density at radius 2 is 1.61 bits per heavy atom. The largest absolute Gasteiger partial charge is 0.351 e. The molecule has 2 rings (SSSR count). The van der Waals surface area contributed by atoms with Crippen molar-refractivity contribution in [3.8, 4) is 0 Å². The maximum Gasteiger partial charge on any atom is 0.351 e. The van der Waals surface area contributed by atoms with Crippen LogP contribution in [0.3, 0.4) is 0 Å². The predicted molar refractivity (Wildman–Crippen MR) is 82.9 cm³/mol. The van der Waals surface area contributed by atoms with Crippen LogP contribution in [-0.4, -0.2) is 11.7 Å². The average molecular weight is 318 g/mol. The van der Waals surface area contributed by atoms with E-state index >= 15 is 0 Å². The summed E-state index contributed by atoms with van der Waals surface area (Å²) < 4.78 is 28.8. The van der Waals surface area contributed by atoms with Crippen molar-refractivity contribution in [3.63, 3.8) is 0 Å². The van der Waals surface area contributed by atoms with Crippen LogP contribution in [0.4, 0.5) is 14.5 Å². The summed E-state index contributed by atoms with van der Waals surface area (Å²) in [5.74, 6) is -5.50. The summed E-state index contributed by atoms with van der Waals surface area (Å²) >= 11 is 0. The molecule has 23 heavy (non-hydrogen) atoms. The van der Waals surface area contributed by atoms with E-state index in [4.69, 9.17) is 0 Å². The van der Waals surface area contributed by atoms with Crippen LogP contribution in [-0.2, 0) is 21.9 Å². The molecular weight excluding hydrogens is 302 g/mol. The lowest BCUT2D eigenvalue weighted by Gasteiger charge is -2.19. The summed E-state index contributed by atoms with van der Waals surface area (Å²) in [5, 5.41) is 0. The number of nitrogens with one attached hydrogen (secondary N) is 2. The highest BCUT2D eigenvalue weighted by atomic mass is 19.3. The van der Waals surface area contributed by atoms with E-state index in [1.165, 1.54) is 19.1 Å². The SMILES string of the molecule is CC(=O)Cc1ccccc1C(F)(F)C(=O)NNc1ccccc1. The van der Waals surface area contributed by atoms with Crippen LogP contribution in [0.2, 0.25) is 0 Å². The van der Waals surface area contributed by atoms with Crippen LogP contribution in [0.25, 0.3) is 0 Å². The molecule has 2 aromatic rings. The lowest BCUT2D eigenvalue weighted by Crippen LogP contribution is -2.41. The highest BCUT2D eigenvalue weighted by molar-refractivity contribution is 5.87. The Morgan fingerprint density at radius 3 is 2.26 bits per heavy atom. The standard InChI is InChI=1S/C17H16F2N2O2/c1-12(22)11-13-7-5-6-10-15(13)17(18,19)16(23)21-20-14-8-3-2-4-9-14/h2-10,20H,11H2,1H3,(H,21,23). The van der Waals surface area contributed by atoms with E-state index in [9.17, 15) is 18.4 Å². The van der Waals surface area contributed by atoms with Gasteiger partial charge in [-0.3, -0.25) is 20.4 Å². The van der Waals surface area contributed by atoms with Gasteiger partial charge in [-0.2, -0.15) is 8.78 Å². The molecule has 1 amide bonds. The lowest BCUT2D eigenvalue weighted by atomic mass is 9.97. The minimum Gasteiger partial charge on any atom is -0.300 e. The van der Waals surface area contributed by atoms with Gasteiger partial charge in [-0.25, -0.2) is 0 Å². The number of benzene rings is 2. The second-order valence-electron chi connectivity index (χ2n) is 5.06. The minimum absolute atomic E-state index is 0.139. The molecule has 2 N–H and O–H groups in total. The number of hydrogen-bond donors (Lipinski definition) is 2. The number of alkyl halides is 2. The van der Waals surface area contributed by atoms with Crippen LogP contribution in [0, 0.1) is 0 Å². The fraction of sp³-hybridized carbons (Fsp3) is 0.176. The van der Waals surface area contributed by atoms with Crippen molar-refractivity contribution in [3.05, 3.63) is 65.7 Å². The summed E-state index contributed by atoms with van der Waals surface area (Å²) in [5.41, 5.74) is 4.58. The molecule has 4 nitrogen and oxygen atoms in total. The number of hydrogen-bond acceptors (Lipinski definition) is 3. The highest BCUT2D eigenvalue weighted by Gasteiger charge is 2.42. The number of para-hydroxylation sites is 1. The molecule has 0 aliphatic rings. The van der Waals surface area contributed by atoms with Crippen molar-refractivity contribution < 1.29 is 18.4 Å². The number of anilines is 1. The molecule has 0 bridgehead atoms. The maximum absolute atomic E-state index is 14.4. The topological polar surface area (TPSA) is 58.2 Å². The normalized spacial score (nSPS) is 10.9. The van der Waals surface area contributed by atoms with Crippen LogP contribution in [0.15, 0.2) is 54.6 Å². The van der Waals surface area contributed by atoms with Crippen molar-refractivity contribution in [1.82, 2.24) is 5.43 Å². The van der Waals surface area contributed by atoms with Crippen molar-refractivity contribution in [2.45, 2.75) is 19.3 Å². The van der Waals surface area contributed by atoms with E-state index in [1.807, 2.05) is 5.43 Å². The summed E-state index contributed by atoms with van der Waals surface area (Å²) in [7, 11) is 0. The van der Waals surface area contributed by atoms with E-state index in [1.54, 1.807) is 36.4 Å². The number of amides is 1. The molecule has 0 radical (unpaired) electrons. The molecule has 0 fully saturated rings. The number of carbonyl (C=O) groups is 2. The summed E-state index contributed by atoms with van der Waals surface area (Å²) in [6.07, 6.45) is -0.148. The maximum atomic E-state index is 14.4. The number of ketones is 1. The molecule has 0 saturated heterocycles. The Bertz CT molecular complexity index is 703. The van der Waals surface area contributed by atoms with Crippen LogP contribution < -0.4 is 10.9 Å². The third-order valence-electron chi connectivity index (χ3n) is 3.17. The van der Waals surface area contributed by atoms with E-state index in [0.717, 1.165) is 6.07 Å². The Kier molecular flexibility index (Phi) is 5.05. The number of Topliss-reactive ketones (excluding diaryl/α,β-unsaturated/α-hetero) is 1. The second-order valence-corrected chi connectivity index (χ2v) is 5.06. The minimum atomic E-state index is -3.76. The molecule has 6 heteroatoms. The van der Waals surface area contributed by atoms with Gasteiger partial charge in [0.1, 0.15) is 5.78 Å². The zero-order valence-corrected chi connectivity index (χ0v) is 12.5. The molecule has 0 atom stereocenters. The van der Waals surface area contributed by atoms with Gasteiger partial charge in [0.25, 0.3) is 0 Å². The number of rotatable bonds is 6. The van der Waals surface area contributed by atoms with Gasteiger partial charge < -0.3 is 0 Å². The fourth-order valence-corrected chi connectivity index (χ4v) is 2.10. The fourth-order valence-electron chi connectivity index (χ4n) is 2.10. The van der Waals surface area contributed by atoms with Crippen molar-refractivity contribution in [1.29, 1.82) is 0 Å². The molecule has 0 heterocycles. The molecule has 0 saturated carbocycles. The molecule has 0 aliphatic carbocycles. The molecule has 0 aliphatic heterocycles. The van der Waals surface area contributed by atoms with Gasteiger partial charge in [-0.05, 0) is 24.6 Å². The zero-order chi connectivity index (χ0) is 16.9. The second kappa shape index (κ2) is 7.00. The van der Waals surface area contributed by atoms with Gasteiger partial charge in [0.15, 0.2) is 0 Å². The van der Waals surface area contributed by atoms with E-state index < -0.39 is 17.4 Å². The molecule has 120 valence electrons. The Morgan fingerprint density at radius 1 is 1.00 bits per heavy atom. The monoisotopic (exact) mass is 318 g/mol. The summed E-state index contributed by atoms with van der Waals surface area (Å²) in [6, 6.07) is 14.0. The van der Waals surface area contributed by atoms with E-state index in [2.05, 4.69) is 5.43 Å². The van der Waals surface area contributed by atoms with Gasteiger partial charge in [-0.1, -0.05) is 42.5 Å². The Labute approximate surface area is 132 Å². The van der Waals surface area contributed by atoms with Gasteiger partial charge >= 0.3 is 11.8 Å². The Balaban J connectivity index is 2.17. The Hall–Kier alpha value is -2.76. The molecule has 2 aromatic carbocycles. The third-order valence-corrected chi connectivity index (χ3v) is 3.17. The van der Waals surface area contributed by atoms with Crippen LogP contribution >= 0.6 is 0 Å². The molecule has 0 spiro atoms.